The highest BCUT2D eigenvalue weighted by Gasteiger charge is 2.41. The van der Waals surface area contributed by atoms with E-state index < -0.39 is 0 Å². The fourth-order valence-electron chi connectivity index (χ4n) is 2.79. The topological polar surface area (TPSA) is 80.0 Å². The maximum Gasteiger partial charge on any atom is 0.230 e. The minimum absolute atomic E-state index is 0. The zero-order valence-electron chi connectivity index (χ0n) is 14.1. The SMILES string of the molecule is CCOCCCNC(N)=NCC1(C(=O)N(C)C)CCCC1.I. The van der Waals surface area contributed by atoms with Gasteiger partial charge < -0.3 is 20.7 Å². The molecule has 3 N–H and O–H groups in total. The van der Waals surface area contributed by atoms with Gasteiger partial charge in [0.15, 0.2) is 5.96 Å². The van der Waals surface area contributed by atoms with Gasteiger partial charge in [-0.25, -0.2) is 0 Å². The quantitative estimate of drug-likeness (QED) is 0.267. The van der Waals surface area contributed by atoms with Crippen LogP contribution in [0.5, 0.6) is 0 Å². The van der Waals surface area contributed by atoms with Crippen LogP contribution < -0.4 is 11.1 Å². The molecule has 0 unspecified atom stereocenters. The van der Waals surface area contributed by atoms with E-state index in [0.717, 1.165) is 51.9 Å². The summed E-state index contributed by atoms with van der Waals surface area (Å²) in [6.45, 7) is 4.66. The second-order valence-electron chi connectivity index (χ2n) is 5.87. The maximum atomic E-state index is 12.4. The molecule has 0 spiro atoms. The third kappa shape index (κ3) is 6.68. The lowest BCUT2D eigenvalue weighted by Gasteiger charge is -2.29. The molecule has 7 heteroatoms. The van der Waals surface area contributed by atoms with Gasteiger partial charge in [-0.3, -0.25) is 9.79 Å². The highest BCUT2D eigenvalue weighted by Crippen LogP contribution is 2.39. The van der Waals surface area contributed by atoms with Crippen molar-refractivity contribution >= 4 is 35.8 Å². The molecule has 22 heavy (non-hydrogen) atoms. The van der Waals surface area contributed by atoms with Crippen LogP contribution in [-0.4, -0.2) is 57.2 Å². The van der Waals surface area contributed by atoms with Gasteiger partial charge >= 0.3 is 0 Å². The molecule has 0 saturated heterocycles. The molecule has 0 radical (unpaired) electrons. The second-order valence-corrected chi connectivity index (χ2v) is 5.87. The number of nitrogens with zero attached hydrogens (tertiary/aromatic N) is 2. The van der Waals surface area contributed by atoms with Crippen LogP contribution in [0.3, 0.4) is 0 Å². The van der Waals surface area contributed by atoms with Crippen LogP contribution in [0, 0.1) is 5.41 Å². The molecule has 130 valence electrons. The van der Waals surface area contributed by atoms with Gasteiger partial charge in [0.1, 0.15) is 0 Å². The second kappa shape index (κ2) is 11.0. The van der Waals surface area contributed by atoms with Gasteiger partial charge in [0.25, 0.3) is 0 Å². The number of aliphatic imine (C=N–C) groups is 1. The molecular formula is C15H31IN4O2. The van der Waals surface area contributed by atoms with Crippen LogP contribution in [0.25, 0.3) is 0 Å². The van der Waals surface area contributed by atoms with Crippen molar-refractivity contribution in [3.63, 3.8) is 0 Å². The number of nitrogens with one attached hydrogen (secondary N) is 1. The van der Waals surface area contributed by atoms with Crippen LogP contribution in [-0.2, 0) is 9.53 Å². The number of hydrogen-bond donors (Lipinski definition) is 2. The molecule has 1 aliphatic carbocycles. The third-order valence-corrected chi connectivity index (χ3v) is 3.95. The van der Waals surface area contributed by atoms with Crippen molar-refractivity contribution < 1.29 is 9.53 Å². The fraction of sp³-hybridized carbons (Fsp3) is 0.867. The summed E-state index contributed by atoms with van der Waals surface area (Å²) >= 11 is 0. The normalized spacial score (nSPS) is 17.0. The minimum Gasteiger partial charge on any atom is -0.382 e. The van der Waals surface area contributed by atoms with E-state index in [1.807, 2.05) is 6.92 Å². The van der Waals surface area contributed by atoms with Crippen LogP contribution in [0.15, 0.2) is 4.99 Å². The molecular weight excluding hydrogens is 395 g/mol. The average molecular weight is 426 g/mol. The van der Waals surface area contributed by atoms with Crippen molar-refractivity contribution in [1.29, 1.82) is 0 Å². The van der Waals surface area contributed by atoms with E-state index in [-0.39, 0.29) is 35.3 Å². The van der Waals surface area contributed by atoms with E-state index in [0.29, 0.717) is 12.5 Å². The zero-order valence-corrected chi connectivity index (χ0v) is 16.4. The zero-order chi connectivity index (χ0) is 15.7. The number of hydrogen-bond acceptors (Lipinski definition) is 3. The van der Waals surface area contributed by atoms with Crippen molar-refractivity contribution in [2.45, 2.75) is 39.0 Å². The Morgan fingerprint density at radius 3 is 2.55 bits per heavy atom. The van der Waals surface area contributed by atoms with Gasteiger partial charge in [-0.2, -0.15) is 0 Å². The molecule has 0 bridgehead atoms. The van der Waals surface area contributed by atoms with E-state index in [9.17, 15) is 4.79 Å². The highest BCUT2D eigenvalue weighted by atomic mass is 127. The summed E-state index contributed by atoms with van der Waals surface area (Å²) in [7, 11) is 3.61. The van der Waals surface area contributed by atoms with Gasteiger partial charge in [-0.15, -0.1) is 24.0 Å². The van der Waals surface area contributed by atoms with E-state index in [1.54, 1.807) is 19.0 Å². The number of amides is 1. The molecule has 0 heterocycles. The summed E-state index contributed by atoms with van der Waals surface area (Å²) < 4.78 is 5.26. The first kappa shape index (κ1) is 21.4. The van der Waals surface area contributed by atoms with Gasteiger partial charge in [0, 0.05) is 33.9 Å². The molecule has 0 atom stereocenters. The number of ether oxygens (including phenoxy) is 1. The summed E-state index contributed by atoms with van der Waals surface area (Å²) in [6.07, 6.45) is 4.90. The van der Waals surface area contributed by atoms with Crippen molar-refractivity contribution in [1.82, 2.24) is 10.2 Å². The molecule has 0 aliphatic heterocycles. The number of nitrogens with two attached hydrogens (primary N) is 1. The van der Waals surface area contributed by atoms with Crippen molar-refractivity contribution in [3.05, 3.63) is 0 Å². The predicted octanol–water partition coefficient (Wildman–Crippen LogP) is 1.58. The first-order chi connectivity index (χ1) is 10.0. The Hall–Kier alpha value is -0.570. The molecule has 1 amide bonds. The lowest BCUT2D eigenvalue weighted by Crippen LogP contribution is -2.42. The van der Waals surface area contributed by atoms with Gasteiger partial charge in [-0.1, -0.05) is 12.8 Å². The number of halogens is 1. The Labute approximate surface area is 151 Å². The van der Waals surface area contributed by atoms with Crippen LogP contribution >= 0.6 is 24.0 Å². The van der Waals surface area contributed by atoms with Crippen LogP contribution in [0.4, 0.5) is 0 Å². The summed E-state index contributed by atoms with van der Waals surface area (Å²) in [5.74, 6) is 0.595. The first-order valence-corrected chi connectivity index (χ1v) is 7.85. The average Bonchev–Trinajstić information content (AvgIpc) is 2.94. The number of carbonyl (C=O) groups excluding carboxylic acids is 1. The molecule has 1 aliphatic rings. The van der Waals surface area contributed by atoms with Crippen molar-refractivity contribution in [2.24, 2.45) is 16.1 Å². The standard InChI is InChI=1S/C15H30N4O2.HI/c1-4-21-11-7-10-17-14(16)18-12-15(8-5-6-9-15)13(20)19(2)3;/h4-12H2,1-3H3,(H3,16,17,18);1H. The minimum atomic E-state index is -0.346. The monoisotopic (exact) mass is 426 g/mol. The van der Waals surface area contributed by atoms with Crippen LogP contribution in [0.2, 0.25) is 0 Å². The van der Waals surface area contributed by atoms with Crippen LogP contribution in [0.1, 0.15) is 39.0 Å². The number of carbonyl (C=O) groups is 1. The van der Waals surface area contributed by atoms with Crippen molar-refractivity contribution in [2.75, 3.05) is 40.4 Å². The van der Waals surface area contributed by atoms with Gasteiger partial charge in [0.05, 0.1) is 12.0 Å². The van der Waals surface area contributed by atoms with Crippen molar-refractivity contribution in [3.8, 4) is 0 Å². The van der Waals surface area contributed by atoms with E-state index >= 15 is 0 Å². The Balaban J connectivity index is 0.00000441. The molecule has 1 saturated carbocycles. The summed E-state index contributed by atoms with van der Waals surface area (Å²) in [5, 5.41) is 3.07. The lowest BCUT2D eigenvalue weighted by atomic mass is 9.85. The largest absolute Gasteiger partial charge is 0.382 e. The van der Waals surface area contributed by atoms with E-state index in [4.69, 9.17) is 10.5 Å². The molecule has 0 aromatic heterocycles. The molecule has 1 rings (SSSR count). The Morgan fingerprint density at radius 1 is 1.36 bits per heavy atom. The third-order valence-electron chi connectivity index (χ3n) is 3.95. The molecule has 6 nitrogen and oxygen atoms in total. The molecule has 1 fully saturated rings. The van der Waals surface area contributed by atoms with E-state index in [2.05, 4.69) is 10.3 Å². The number of rotatable bonds is 8. The van der Waals surface area contributed by atoms with E-state index in [1.165, 1.54) is 0 Å². The Morgan fingerprint density at radius 2 is 2.00 bits per heavy atom. The Kier molecular flexibility index (Phi) is 10.8. The summed E-state index contributed by atoms with van der Waals surface area (Å²) in [4.78, 5) is 18.5. The summed E-state index contributed by atoms with van der Waals surface area (Å²) in [5.41, 5.74) is 5.53. The molecule has 0 aromatic rings. The highest BCUT2D eigenvalue weighted by molar-refractivity contribution is 14.0. The smallest absolute Gasteiger partial charge is 0.230 e. The van der Waals surface area contributed by atoms with Gasteiger partial charge in [0.2, 0.25) is 5.91 Å². The predicted molar refractivity (Wildman–Crippen MR) is 101 cm³/mol. The maximum absolute atomic E-state index is 12.4. The summed E-state index contributed by atoms with van der Waals surface area (Å²) in [6, 6.07) is 0. The molecule has 0 aromatic carbocycles. The lowest BCUT2D eigenvalue weighted by molar-refractivity contribution is -0.138. The van der Waals surface area contributed by atoms with Gasteiger partial charge in [-0.05, 0) is 26.2 Å². The number of guanidine groups is 1. The first-order valence-electron chi connectivity index (χ1n) is 7.85. The Bertz CT molecular complexity index is 355. The fourth-order valence-corrected chi connectivity index (χ4v) is 2.79.